The van der Waals surface area contributed by atoms with Crippen LogP contribution in [0.25, 0.3) is 0 Å². The van der Waals surface area contributed by atoms with Gasteiger partial charge >= 0.3 is 0 Å². The second-order valence-corrected chi connectivity index (χ2v) is 6.57. The maximum Gasteiger partial charge on any atom is 0.257 e. The minimum absolute atomic E-state index is 0.0600. The van der Waals surface area contributed by atoms with Crippen LogP contribution in [-0.2, 0) is 6.54 Å². The van der Waals surface area contributed by atoms with Crippen LogP contribution in [-0.4, -0.2) is 41.9 Å². The first kappa shape index (κ1) is 14.5. The maximum absolute atomic E-state index is 13.3. The van der Waals surface area contributed by atoms with Gasteiger partial charge in [-0.2, -0.15) is 0 Å². The highest BCUT2D eigenvalue weighted by Crippen LogP contribution is 2.32. The summed E-state index contributed by atoms with van der Waals surface area (Å²) in [5.74, 6) is 0.905. The third kappa shape index (κ3) is 2.88. The van der Waals surface area contributed by atoms with Gasteiger partial charge in [-0.25, -0.2) is 4.39 Å². The molecule has 5 heteroatoms. The zero-order valence-electron chi connectivity index (χ0n) is 12.8. The van der Waals surface area contributed by atoms with Crippen LogP contribution in [0.1, 0.15) is 15.9 Å². The van der Waals surface area contributed by atoms with E-state index in [-0.39, 0.29) is 11.7 Å². The van der Waals surface area contributed by atoms with Crippen molar-refractivity contribution in [1.82, 2.24) is 9.80 Å². The van der Waals surface area contributed by atoms with Gasteiger partial charge in [0.25, 0.3) is 5.91 Å². The molecule has 2 saturated heterocycles. The standard InChI is InChI=1S/C18H19FN2O2/c19-17-3-1-2-13(6-17)7-20-8-15-10-21(11-16(15)9-20)18(22)14-4-5-23-12-14/h1-6,12,15-16H,7-11H2/t15-,16+. The Kier molecular flexibility index (Phi) is 3.65. The summed E-state index contributed by atoms with van der Waals surface area (Å²) in [4.78, 5) is 16.7. The number of halogens is 1. The summed E-state index contributed by atoms with van der Waals surface area (Å²) in [5, 5.41) is 0. The molecule has 23 heavy (non-hydrogen) atoms. The highest BCUT2D eigenvalue weighted by molar-refractivity contribution is 5.94. The normalized spacial score (nSPS) is 24.1. The molecule has 0 bridgehead atoms. The van der Waals surface area contributed by atoms with Crippen LogP contribution in [0.3, 0.4) is 0 Å². The molecule has 4 nitrogen and oxygen atoms in total. The zero-order chi connectivity index (χ0) is 15.8. The summed E-state index contributed by atoms with van der Waals surface area (Å²) in [6.45, 7) is 4.32. The molecule has 1 amide bonds. The van der Waals surface area contributed by atoms with Gasteiger partial charge in [0.1, 0.15) is 12.1 Å². The fraction of sp³-hybridized carbons (Fsp3) is 0.389. The van der Waals surface area contributed by atoms with Gasteiger partial charge in [0.2, 0.25) is 0 Å². The third-order valence-electron chi connectivity index (χ3n) is 4.91. The Morgan fingerprint density at radius 3 is 2.61 bits per heavy atom. The number of amides is 1. The smallest absolute Gasteiger partial charge is 0.257 e. The molecule has 2 atom stereocenters. The average Bonchev–Trinajstić information content (AvgIpc) is 3.22. The first-order valence-corrected chi connectivity index (χ1v) is 7.97. The van der Waals surface area contributed by atoms with Crippen molar-refractivity contribution >= 4 is 5.91 Å². The Morgan fingerprint density at radius 2 is 1.96 bits per heavy atom. The van der Waals surface area contributed by atoms with Crippen molar-refractivity contribution < 1.29 is 13.6 Å². The van der Waals surface area contributed by atoms with E-state index in [4.69, 9.17) is 4.42 Å². The molecule has 0 saturated carbocycles. The molecule has 2 aromatic rings. The molecule has 0 N–H and O–H groups in total. The number of rotatable bonds is 3. The summed E-state index contributed by atoms with van der Waals surface area (Å²) in [5.41, 5.74) is 1.64. The van der Waals surface area contributed by atoms with Crippen molar-refractivity contribution in [1.29, 1.82) is 0 Å². The number of fused-ring (bicyclic) bond motifs is 1. The highest BCUT2D eigenvalue weighted by atomic mass is 19.1. The van der Waals surface area contributed by atoms with Crippen molar-refractivity contribution in [2.45, 2.75) is 6.54 Å². The lowest BCUT2D eigenvalue weighted by molar-refractivity contribution is 0.0772. The van der Waals surface area contributed by atoms with Crippen LogP contribution in [0.15, 0.2) is 47.3 Å². The Hall–Kier alpha value is -2.14. The number of furan rings is 1. The first-order chi connectivity index (χ1) is 11.2. The summed E-state index contributed by atoms with van der Waals surface area (Å²) < 4.78 is 18.3. The molecule has 2 fully saturated rings. The molecule has 0 spiro atoms. The molecule has 1 aromatic heterocycles. The number of nitrogens with zero attached hydrogens (tertiary/aromatic N) is 2. The van der Waals surface area contributed by atoms with E-state index in [1.807, 2.05) is 11.0 Å². The summed E-state index contributed by atoms with van der Waals surface area (Å²) in [6, 6.07) is 8.51. The molecular formula is C18H19FN2O2. The van der Waals surface area contributed by atoms with E-state index in [9.17, 15) is 9.18 Å². The SMILES string of the molecule is O=C(c1ccoc1)N1C[C@H]2CN(Cc3cccc(F)c3)C[C@H]2C1. The first-order valence-electron chi connectivity index (χ1n) is 7.97. The second kappa shape index (κ2) is 5.81. The Labute approximate surface area is 134 Å². The van der Waals surface area contributed by atoms with Crippen LogP contribution < -0.4 is 0 Å². The van der Waals surface area contributed by atoms with E-state index in [0.29, 0.717) is 17.4 Å². The lowest BCUT2D eigenvalue weighted by atomic mass is 10.0. The Morgan fingerprint density at radius 1 is 1.17 bits per heavy atom. The van der Waals surface area contributed by atoms with Gasteiger partial charge in [-0.05, 0) is 35.6 Å². The van der Waals surface area contributed by atoms with E-state index < -0.39 is 0 Å². The minimum Gasteiger partial charge on any atom is -0.472 e. The summed E-state index contributed by atoms with van der Waals surface area (Å²) >= 11 is 0. The largest absolute Gasteiger partial charge is 0.472 e. The van der Waals surface area contributed by atoms with E-state index in [1.54, 1.807) is 18.2 Å². The van der Waals surface area contributed by atoms with Crippen LogP contribution in [0.5, 0.6) is 0 Å². The molecular weight excluding hydrogens is 295 g/mol. The van der Waals surface area contributed by atoms with Gasteiger partial charge in [-0.3, -0.25) is 9.69 Å². The van der Waals surface area contributed by atoms with E-state index in [1.165, 1.54) is 18.6 Å². The molecule has 2 aliphatic heterocycles. The number of likely N-dealkylation sites (tertiary alicyclic amines) is 2. The van der Waals surface area contributed by atoms with Gasteiger partial charge < -0.3 is 9.32 Å². The molecule has 3 heterocycles. The van der Waals surface area contributed by atoms with Crippen LogP contribution in [0.4, 0.5) is 4.39 Å². The summed E-state index contributed by atoms with van der Waals surface area (Å²) in [6.07, 6.45) is 3.04. The van der Waals surface area contributed by atoms with Crippen LogP contribution >= 0.6 is 0 Å². The van der Waals surface area contributed by atoms with Crippen molar-refractivity contribution in [3.63, 3.8) is 0 Å². The zero-order valence-corrected chi connectivity index (χ0v) is 12.8. The number of carbonyl (C=O) groups is 1. The van der Waals surface area contributed by atoms with E-state index in [0.717, 1.165) is 38.3 Å². The van der Waals surface area contributed by atoms with Crippen molar-refractivity contribution in [3.8, 4) is 0 Å². The Balaban J connectivity index is 1.36. The molecule has 0 unspecified atom stereocenters. The second-order valence-electron chi connectivity index (χ2n) is 6.57. The maximum atomic E-state index is 13.3. The third-order valence-corrected chi connectivity index (χ3v) is 4.91. The lowest BCUT2D eigenvalue weighted by Gasteiger charge is -2.21. The average molecular weight is 314 g/mol. The molecule has 2 aliphatic rings. The minimum atomic E-state index is -0.182. The van der Waals surface area contributed by atoms with Crippen molar-refractivity contribution in [3.05, 3.63) is 59.8 Å². The van der Waals surface area contributed by atoms with E-state index in [2.05, 4.69) is 4.90 Å². The molecule has 120 valence electrons. The number of hydrogen-bond acceptors (Lipinski definition) is 3. The topological polar surface area (TPSA) is 36.7 Å². The predicted molar refractivity (Wildman–Crippen MR) is 83.3 cm³/mol. The molecule has 1 aromatic carbocycles. The highest BCUT2D eigenvalue weighted by Gasteiger charge is 2.41. The monoisotopic (exact) mass is 314 g/mol. The fourth-order valence-electron chi connectivity index (χ4n) is 3.85. The van der Waals surface area contributed by atoms with Crippen molar-refractivity contribution in [2.75, 3.05) is 26.2 Å². The Bertz CT molecular complexity index is 687. The molecule has 0 aliphatic carbocycles. The number of benzene rings is 1. The quantitative estimate of drug-likeness (QED) is 0.874. The van der Waals surface area contributed by atoms with Gasteiger partial charge in [0.15, 0.2) is 0 Å². The predicted octanol–water partition coefficient (Wildman–Crippen LogP) is 2.62. The van der Waals surface area contributed by atoms with Crippen molar-refractivity contribution in [2.24, 2.45) is 11.8 Å². The van der Waals surface area contributed by atoms with Gasteiger partial charge in [-0.15, -0.1) is 0 Å². The van der Waals surface area contributed by atoms with Crippen LogP contribution in [0.2, 0.25) is 0 Å². The molecule has 0 radical (unpaired) electrons. The van der Waals surface area contributed by atoms with Gasteiger partial charge in [0, 0.05) is 32.7 Å². The lowest BCUT2D eigenvalue weighted by Crippen LogP contribution is -2.32. The van der Waals surface area contributed by atoms with Gasteiger partial charge in [0.05, 0.1) is 11.8 Å². The molecule has 4 rings (SSSR count). The van der Waals surface area contributed by atoms with Crippen LogP contribution in [0, 0.1) is 17.7 Å². The summed E-state index contributed by atoms with van der Waals surface area (Å²) in [7, 11) is 0. The fourth-order valence-corrected chi connectivity index (χ4v) is 3.85. The van der Waals surface area contributed by atoms with Gasteiger partial charge in [-0.1, -0.05) is 12.1 Å². The van der Waals surface area contributed by atoms with E-state index >= 15 is 0 Å². The number of hydrogen-bond donors (Lipinski definition) is 0. The number of carbonyl (C=O) groups excluding carboxylic acids is 1.